The zero-order chi connectivity index (χ0) is 29.9. The van der Waals surface area contributed by atoms with Gasteiger partial charge in [0, 0.05) is 29.5 Å². The molecule has 4 aromatic rings. The summed E-state index contributed by atoms with van der Waals surface area (Å²) >= 11 is 0. The van der Waals surface area contributed by atoms with Crippen molar-refractivity contribution in [2.24, 2.45) is 0 Å². The average molecular weight is 563 g/mol. The van der Waals surface area contributed by atoms with Crippen molar-refractivity contribution >= 4 is 11.6 Å². The van der Waals surface area contributed by atoms with E-state index in [9.17, 15) is 33.0 Å². The highest BCUT2D eigenvalue weighted by molar-refractivity contribution is 5.98. The molecule has 4 aromatic carbocycles. The van der Waals surface area contributed by atoms with Crippen molar-refractivity contribution in [3.05, 3.63) is 118 Å². The predicted molar refractivity (Wildman–Crippen MR) is 149 cm³/mol. The number of carbonyl (C=O) groups excluding carboxylic acids is 2. The SMILES string of the molecule is CCC(=O)c1ccc(Oc2ccc(C(=O)Cc3cc(C(C)(c4ccc(O)c(C)c4)C(F)(F)F)ccc3O)cc2)cc1. The Morgan fingerprint density at radius 3 is 1.71 bits per heavy atom. The average Bonchev–Trinajstić information content (AvgIpc) is 2.95. The van der Waals surface area contributed by atoms with Crippen molar-refractivity contribution < 1.29 is 37.7 Å². The van der Waals surface area contributed by atoms with Gasteiger partial charge >= 0.3 is 6.18 Å². The predicted octanol–water partition coefficient (Wildman–Crippen LogP) is 8.08. The Bertz CT molecular complexity index is 1570. The molecule has 212 valence electrons. The molecule has 0 aliphatic carbocycles. The summed E-state index contributed by atoms with van der Waals surface area (Å²) in [5, 5.41) is 20.2. The van der Waals surface area contributed by atoms with E-state index < -0.39 is 17.4 Å². The zero-order valence-corrected chi connectivity index (χ0v) is 22.8. The second kappa shape index (κ2) is 11.5. The summed E-state index contributed by atoms with van der Waals surface area (Å²) in [6.07, 6.45) is -4.64. The number of alkyl halides is 3. The second-order valence-electron chi connectivity index (χ2n) is 10.00. The van der Waals surface area contributed by atoms with Crippen LogP contribution < -0.4 is 4.74 Å². The molecule has 0 spiro atoms. The summed E-state index contributed by atoms with van der Waals surface area (Å²) in [6.45, 7) is 4.33. The summed E-state index contributed by atoms with van der Waals surface area (Å²) in [5.74, 6) is 0.169. The van der Waals surface area contributed by atoms with Crippen LogP contribution in [0.4, 0.5) is 13.2 Å². The molecule has 2 N–H and O–H groups in total. The van der Waals surface area contributed by atoms with Crippen LogP contribution in [0.25, 0.3) is 0 Å². The van der Waals surface area contributed by atoms with Gasteiger partial charge in [-0.1, -0.05) is 31.2 Å². The minimum Gasteiger partial charge on any atom is -0.508 e. The molecule has 8 heteroatoms. The molecule has 0 saturated carbocycles. The van der Waals surface area contributed by atoms with Gasteiger partial charge < -0.3 is 14.9 Å². The molecule has 4 rings (SSSR count). The van der Waals surface area contributed by atoms with Crippen LogP contribution in [0.15, 0.2) is 84.9 Å². The third-order valence-electron chi connectivity index (χ3n) is 7.26. The number of halogens is 3. The fraction of sp³-hybridized carbons (Fsp3) is 0.212. The number of phenolic OH excluding ortho intramolecular Hbond substituents is 2. The molecule has 0 aliphatic rings. The van der Waals surface area contributed by atoms with Gasteiger partial charge in [-0.25, -0.2) is 0 Å². The zero-order valence-electron chi connectivity index (χ0n) is 22.8. The van der Waals surface area contributed by atoms with Gasteiger partial charge in [-0.05, 0) is 91.2 Å². The first-order valence-corrected chi connectivity index (χ1v) is 13.0. The molecule has 0 saturated heterocycles. The summed E-state index contributed by atoms with van der Waals surface area (Å²) < 4.78 is 49.3. The molecule has 0 heterocycles. The highest BCUT2D eigenvalue weighted by atomic mass is 19.4. The molecule has 41 heavy (non-hydrogen) atoms. The molecule has 0 fully saturated rings. The first kappa shape index (κ1) is 29.4. The Labute approximate surface area is 235 Å². The van der Waals surface area contributed by atoms with Crippen LogP contribution in [0.2, 0.25) is 0 Å². The van der Waals surface area contributed by atoms with E-state index in [2.05, 4.69) is 0 Å². The van der Waals surface area contributed by atoms with E-state index in [0.29, 0.717) is 34.6 Å². The van der Waals surface area contributed by atoms with Crippen LogP contribution in [0, 0.1) is 6.92 Å². The minimum absolute atomic E-state index is 0.0227. The van der Waals surface area contributed by atoms with Crippen molar-refractivity contribution in [1.82, 2.24) is 0 Å². The van der Waals surface area contributed by atoms with Crippen LogP contribution in [0.3, 0.4) is 0 Å². The number of hydrogen-bond donors (Lipinski definition) is 2. The van der Waals surface area contributed by atoms with Gasteiger partial charge in [0.25, 0.3) is 0 Å². The summed E-state index contributed by atoms with van der Waals surface area (Å²) in [7, 11) is 0. The molecule has 0 bridgehead atoms. The number of carbonyl (C=O) groups is 2. The van der Waals surface area contributed by atoms with Gasteiger partial charge in [0.05, 0.1) is 0 Å². The maximum absolute atomic E-state index is 14.5. The number of ether oxygens (including phenoxy) is 1. The lowest BCUT2D eigenvalue weighted by atomic mass is 9.74. The normalized spacial score (nSPS) is 12.9. The summed E-state index contributed by atoms with van der Waals surface area (Å²) in [6, 6.07) is 20.2. The molecular formula is C33H29F3O5. The summed E-state index contributed by atoms with van der Waals surface area (Å²) in [5.41, 5.74) is -1.46. The van der Waals surface area contributed by atoms with Gasteiger partial charge in [-0.2, -0.15) is 13.2 Å². The third-order valence-corrected chi connectivity index (χ3v) is 7.26. The lowest BCUT2D eigenvalue weighted by Gasteiger charge is -2.34. The lowest BCUT2D eigenvalue weighted by molar-refractivity contribution is -0.173. The first-order chi connectivity index (χ1) is 19.3. The molecule has 0 radical (unpaired) electrons. The quantitative estimate of drug-likeness (QED) is 0.202. The first-order valence-electron chi connectivity index (χ1n) is 13.0. The Hall–Kier alpha value is -4.59. The molecule has 0 aromatic heterocycles. The fourth-order valence-electron chi connectivity index (χ4n) is 4.53. The standard InChI is InChI=1S/C33H29F3O5/c1-4-28(37)21-5-11-26(12-6-21)41-27-13-7-22(8-14-27)31(40)19-23-18-25(10-16-30(23)39)32(3,33(34,35)36)24-9-15-29(38)20(2)17-24/h5-18,38-39H,4,19H2,1-3H3. The minimum atomic E-state index is -4.71. The van der Waals surface area contributed by atoms with Crippen LogP contribution in [-0.2, 0) is 11.8 Å². The highest BCUT2D eigenvalue weighted by Gasteiger charge is 2.53. The Morgan fingerprint density at radius 1 is 0.732 bits per heavy atom. The van der Waals surface area contributed by atoms with E-state index in [1.54, 1.807) is 43.3 Å². The van der Waals surface area contributed by atoms with Crippen molar-refractivity contribution in [3.63, 3.8) is 0 Å². The lowest BCUT2D eigenvalue weighted by Crippen LogP contribution is -2.40. The number of Topliss-reactive ketones (excluding diaryl/α,β-unsaturated/α-hetero) is 2. The molecule has 5 nitrogen and oxygen atoms in total. The molecule has 1 unspecified atom stereocenters. The van der Waals surface area contributed by atoms with Gasteiger partial charge in [0.2, 0.25) is 0 Å². The van der Waals surface area contributed by atoms with Crippen LogP contribution in [0.1, 0.15) is 63.2 Å². The van der Waals surface area contributed by atoms with Crippen LogP contribution in [0.5, 0.6) is 23.0 Å². The largest absolute Gasteiger partial charge is 0.508 e. The van der Waals surface area contributed by atoms with Crippen molar-refractivity contribution in [3.8, 4) is 23.0 Å². The van der Waals surface area contributed by atoms with E-state index >= 15 is 0 Å². The number of aryl methyl sites for hydroxylation is 1. The van der Waals surface area contributed by atoms with Gasteiger partial charge in [-0.3, -0.25) is 9.59 Å². The van der Waals surface area contributed by atoms with E-state index in [4.69, 9.17) is 4.74 Å². The van der Waals surface area contributed by atoms with Gasteiger partial charge in [0.15, 0.2) is 11.6 Å². The topological polar surface area (TPSA) is 83.8 Å². The Balaban J connectivity index is 1.55. The van der Waals surface area contributed by atoms with E-state index in [1.165, 1.54) is 49.4 Å². The van der Waals surface area contributed by atoms with Crippen molar-refractivity contribution in [2.75, 3.05) is 0 Å². The number of aromatic hydroxyl groups is 2. The van der Waals surface area contributed by atoms with Gasteiger partial charge in [0.1, 0.15) is 28.4 Å². The maximum atomic E-state index is 14.5. The fourth-order valence-corrected chi connectivity index (χ4v) is 4.53. The number of phenols is 2. The molecule has 0 amide bonds. The molecular weight excluding hydrogens is 533 g/mol. The Morgan fingerprint density at radius 2 is 1.22 bits per heavy atom. The van der Waals surface area contributed by atoms with Crippen molar-refractivity contribution in [2.45, 2.75) is 45.2 Å². The number of rotatable bonds is 9. The molecule has 0 aliphatic heterocycles. The van der Waals surface area contributed by atoms with Crippen LogP contribution >= 0.6 is 0 Å². The van der Waals surface area contributed by atoms with E-state index in [0.717, 1.165) is 13.0 Å². The highest BCUT2D eigenvalue weighted by Crippen LogP contribution is 2.47. The smallest absolute Gasteiger partial charge is 0.402 e. The maximum Gasteiger partial charge on any atom is 0.402 e. The summed E-state index contributed by atoms with van der Waals surface area (Å²) in [4.78, 5) is 24.8. The van der Waals surface area contributed by atoms with Gasteiger partial charge in [-0.15, -0.1) is 0 Å². The number of hydrogen-bond acceptors (Lipinski definition) is 5. The van der Waals surface area contributed by atoms with Crippen molar-refractivity contribution in [1.29, 1.82) is 0 Å². The molecule has 1 atom stereocenters. The Kier molecular flexibility index (Phi) is 8.24. The van der Waals surface area contributed by atoms with E-state index in [-0.39, 0.29) is 40.4 Å². The van der Waals surface area contributed by atoms with Crippen LogP contribution in [-0.4, -0.2) is 28.0 Å². The third kappa shape index (κ3) is 6.11. The number of benzene rings is 4. The number of ketones is 2. The van der Waals surface area contributed by atoms with E-state index in [1.807, 2.05) is 0 Å². The monoisotopic (exact) mass is 562 g/mol. The second-order valence-corrected chi connectivity index (χ2v) is 10.00.